The van der Waals surface area contributed by atoms with E-state index in [0.717, 1.165) is 43.1 Å². The van der Waals surface area contributed by atoms with E-state index in [4.69, 9.17) is 11.6 Å². The second kappa shape index (κ2) is 6.25. The van der Waals surface area contributed by atoms with E-state index in [-0.39, 0.29) is 0 Å². The van der Waals surface area contributed by atoms with Gasteiger partial charge in [-0.05, 0) is 49.9 Å². The maximum Gasteiger partial charge on any atom is 0.0712 e. The Hall–Kier alpha value is -0.570. The number of rotatable bonds is 4. The Morgan fingerprint density at radius 1 is 1.32 bits per heavy atom. The van der Waals surface area contributed by atoms with Gasteiger partial charge >= 0.3 is 0 Å². The van der Waals surface area contributed by atoms with Crippen LogP contribution in [0.1, 0.15) is 37.3 Å². The maximum atomic E-state index is 10.7. The summed E-state index contributed by atoms with van der Waals surface area (Å²) in [6.45, 7) is 7.36. The Morgan fingerprint density at radius 3 is 2.58 bits per heavy atom. The topological polar surface area (TPSA) is 23.5 Å². The van der Waals surface area contributed by atoms with Crippen LogP contribution in [0.3, 0.4) is 0 Å². The highest BCUT2D eigenvalue weighted by Crippen LogP contribution is 2.29. The number of hydrogen-bond donors (Lipinski definition) is 1. The first-order valence-corrected chi connectivity index (χ1v) is 7.60. The summed E-state index contributed by atoms with van der Waals surface area (Å²) in [5, 5.41) is 11.5. The van der Waals surface area contributed by atoms with E-state index in [9.17, 15) is 5.11 Å². The second-order valence-electron chi connectivity index (χ2n) is 5.84. The molecule has 0 atom stereocenters. The lowest BCUT2D eigenvalue weighted by Crippen LogP contribution is -2.45. The molecule has 0 aliphatic carbocycles. The van der Waals surface area contributed by atoms with Crippen molar-refractivity contribution in [1.82, 2.24) is 4.90 Å². The molecular weight excluding hydrogens is 258 g/mol. The standard InChI is InChI=1S/C16H24ClNO/c1-3-8-18-9-6-16(19,7-10-18)12-14-5-4-13(2)11-15(14)17/h4-5,11,19H,3,6-10,12H2,1-2H3. The molecule has 0 saturated carbocycles. The van der Waals surface area contributed by atoms with Crippen molar-refractivity contribution in [2.24, 2.45) is 0 Å². The maximum absolute atomic E-state index is 10.7. The van der Waals surface area contributed by atoms with Crippen molar-refractivity contribution in [3.05, 3.63) is 34.3 Å². The van der Waals surface area contributed by atoms with Crippen LogP contribution < -0.4 is 0 Å². The predicted octanol–water partition coefficient (Wildman–Crippen LogP) is 3.43. The number of hydrogen-bond acceptors (Lipinski definition) is 2. The van der Waals surface area contributed by atoms with E-state index in [1.807, 2.05) is 19.1 Å². The molecule has 1 N–H and O–H groups in total. The quantitative estimate of drug-likeness (QED) is 0.914. The number of aryl methyl sites for hydroxylation is 1. The van der Waals surface area contributed by atoms with Gasteiger partial charge in [-0.3, -0.25) is 0 Å². The van der Waals surface area contributed by atoms with Gasteiger partial charge in [0.05, 0.1) is 5.60 Å². The predicted molar refractivity (Wildman–Crippen MR) is 80.8 cm³/mol. The molecule has 0 radical (unpaired) electrons. The van der Waals surface area contributed by atoms with Crippen molar-refractivity contribution in [3.8, 4) is 0 Å². The molecule has 1 saturated heterocycles. The van der Waals surface area contributed by atoms with Crippen molar-refractivity contribution in [2.75, 3.05) is 19.6 Å². The van der Waals surface area contributed by atoms with Crippen LogP contribution in [0.2, 0.25) is 5.02 Å². The van der Waals surface area contributed by atoms with Crippen LogP contribution in [0.15, 0.2) is 18.2 Å². The second-order valence-corrected chi connectivity index (χ2v) is 6.24. The Bertz CT molecular complexity index is 425. The van der Waals surface area contributed by atoms with E-state index in [0.29, 0.717) is 6.42 Å². The van der Waals surface area contributed by atoms with E-state index >= 15 is 0 Å². The average Bonchev–Trinajstić information content (AvgIpc) is 2.36. The van der Waals surface area contributed by atoms with Crippen LogP contribution >= 0.6 is 11.6 Å². The van der Waals surface area contributed by atoms with Crippen molar-refractivity contribution in [3.63, 3.8) is 0 Å². The van der Waals surface area contributed by atoms with Crippen LogP contribution in [0, 0.1) is 6.92 Å². The van der Waals surface area contributed by atoms with Gasteiger partial charge in [0, 0.05) is 24.5 Å². The number of likely N-dealkylation sites (tertiary alicyclic amines) is 1. The number of aliphatic hydroxyl groups is 1. The van der Waals surface area contributed by atoms with Gasteiger partial charge in [-0.1, -0.05) is 30.7 Å². The van der Waals surface area contributed by atoms with E-state index in [1.165, 1.54) is 12.0 Å². The van der Waals surface area contributed by atoms with Crippen molar-refractivity contribution in [2.45, 2.75) is 45.1 Å². The molecule has 1 aliphatic heterocycles. The SMILES string of the molecule is CCCN1CCC(O)(Cc2ccc(C)cc2Cl)CC1. The highest BCUT2D eigenvalue weighted by molar-refractivity contribution is 6.31. The zero-order chi connectivity index (χ0) is 13.9. The van der Waals surface area contributed by atoms with Gasteiger partial charge in [0.15, 0.2) is 0 Å². The Balaban J connectivity index is 1.99. The first-order valence-electron chi connectivity index (χ1n) is 7.22. The summed E-state index contributed by atoms with van der Waals surface area (Å²) in [6, 6.07) is 6.09. The fourth-order valence-corrected chi connectivity index (χ4v) is 3.14. The third-order valence-corrected chi connectivity index (χ3v) is 4.41. The number of benzene rings is 1. The number of halogens is 1. The van der Waals surface area contributed by atoms with Crippen LogP contribution in [-0.2, 0) is 6.42 Å². The molecule has 1 aliphatic rings. The van der Waals surface area contributed by atoms with E-state index in [2.05, 4.69) is 17.9 Å². The largest absolute Gasteiger partial charge is 0.389 e. The summed E-state index contributed by atoms with van der Waals surface area (Å²) in [4.78, 5) is 2.44. The van der Waals surface area contributed by atoms with Gasteiger partial charge in [-0.15, -0.1) is 0 Å². The lowest BCUT2D eigenvalue weighted by Gasteiger charge is -2.38. The first-order chi connectivity index (χ1) is 9.02. The fraction of sp³-hybridized carbons (Fsp3) is 0.625. The molecule has 3 heteroatoms. The Morgan fingerprint density at radius 2 is 2.00 bits per heavy atom. The summed E-state index contributed by atoms with van der Waals surface area (Å²) in [5.74, 6) is 0. The fourth-order valence-electron chi connectivity index (χ4n) is 2.84. The minimum absolute atomic E-state index is 0.580. The molecule has 2 rings (SSSR count). The van der Waals surface area contributed by atoms with Crippen molar-refractivity contribution < 1.29 is 5.11 Å². The third-order valence-electron chi connectivity index (χ3n) is 4.05. The molecule has 0 amide bonds. The summed E-state index contributed by atoms with van der Waals surface area (Å²) < 4.78 is 0. The van der Waals surface area contributed by atoms with Gasteiger partial charge in [0.1, 0.15) is 0 Å². The highest BCUT2D eigenvalue weighted by atomic mass is 35.5. The smallest absolute Gasteiger partial charge is 0.0712 e. The Kier molecular flexibility index (Phi) is 4.88. The van der Waals surface area contributed by atoms with Crippen LogP contribution in [0.25, 0.3) is 0 Å². The lowest BCUT2D eigenvalue weighted by atomic mass is 9.85. The van der Waals surface area contributed by atoms with Crippen LogP contribution in [0.4, 0.5) is 0 Å². The van der Waals surface area contributed by atoms with Crippen LogP contribution in [-0.4, -0.2) is 35.2 Å². The molecule has 0 bridgehead atoms. The third kappa shape index (κ3) is 3.95. The first kappa shape index (κ1) is 14.8. The monoisotopic (exact) mass is 281 g/mol. The van der Waals surface area contributed by atoms with E-state index < -0.39 is 5.60 Å². The molecule has 1 aromatic rings. The normalized spacial score (nSPS) is 19.6. The van der Waals surface area contributed by atoms with Gasteiger partial charge in [-0.2, -0.15) is 0 Å². The number of nitrogens with zero attached hydrogens (tertiary/aromatic N) is 1. The molecule has 1 fully saturated rings. The summed E-state index contributed by atoms with van der Waals surface area (Å²) in [7, 11) is 0. The Labute approximate surface area is 121 Å². The zero-order valence-electron chi connectivity index (χ0n) is 12.0. The molecule has 0 aromatic heterocycles. The zero-order valence-corrected chi connectivity index (χ0v) is 12.7. The van der Waals surface area contributed by atoms with Gasteiger partial charge in [-0.25, -0.2) is 0 Å². The van der Waals surface area contributed by atoms with Gasteiger partial charge < -0.3 is 10.0 Å². The summed E-state index contributed by atoms with van der Waals surface area (Å²) in [5.41, 5.74) is 1.65. The molecular formula is C16H24ClNO. The lowest BCUT2D eigenvalue weighted by molar-refractivity contribution is -0.0204. The average molecular weight is 282 g/mol. The minimum atomic E-state index is -0.580. The molecule has 0 unspecified atom stereocenters. The molecule has 19 heavy (non-hydrogen) atoms. The molecule has 106 valence electrons. The molecule has 0 spiro atoms. The van der Waals surface area contributed by atoms with Gasteiger partial charge in [0.25, 0.3) is 0 Å². The number of piperidine rings is 1. The van der Waals surface area contributed by atoms with Crippen LogP contribution in [0.5, 0.6) is 0 Å². The minimum Gasteiger partial charge on any atom is -0.389 e. The molecule has 2 nitrogen and oxygen atoms in total. The molecule has 1 heterocycles. The highest BCUT2D eigenvalue weighted by Gasteiger charge is 2.32. The van der Waals surface area contributed by atoms with Gasteiger partial charge in [0.2, 0.25) is 0 Å². The molecule has 1 aromatic carbocycles. The summed E-state index contributed by atoms with van der Waals surface area (Å²) >= 11 is 6.27. The van der Waals surface area contributed by atoms with Crippen molar-refractivity contribution in [1.29, 1.82) is 0 Å². The van der Waals surface area contributed by atoms with E-state index in [1.54, 1.807) is 0 Å². The summed E-state index contributed by atoms with van der Waals surface area (Å²) in [6.07, 6.45) is 3.54. The van der Waals surface area contributed by atoms with Crippen molar-refractivity contribution >= 4 is 11.6 Å².